The number of aliphatic hydroxyl groups excluding tert-OH is 1. The molecule has 1 saturated carbocycles. The number of allylic oxidation sites excluding steroid dienone is 2. The van der Waals surface area contributed by atoms with Crippen LogP contribution in [0.3, 0.4) is 0 Å². The third-order valence-electron chi connectivity index (χ3n) is 6.70. The minimum absolute atomic E-state index is 0. The Hall–Kier alpha value is 0.552. The summed E-state index contributed by atoms with van der Waals surface area (Å²) in [6.45, 7) is 5.09. The van der Waals surface area contributed by atoms with E-state index >= 15 is 0 Å². The van der Waals surface area contributed by atoms with Crippen LogP contribution in [0.5, 0.6) is 0 Å². The fraction of sp³-hybridized carbons (Fsp3) is 0.840. The molecular formula is C25H42AcO6S. The van der Waals surface area contributed by atoms with Gasteiger partial charge in [0.05, 0.1) is 26.4 Å². The molecule has 187 valence electrons. The standard InChI is InChI=1S/C25H42O6S.Ac/c1-4-5-10-14-25(30-16-17-31-25)15-13-21-20(22(27)18-23(21)32-19(2)26)11-8-6-7-9-12-24(28)29-3;/h6,8,20-23,27H,4-5,7,9-18H2,1-3H3;/b8-6-;/t20?,21-,22+,23-;/m1./s1. The predicted molar refractivity (Wildman–Crippen MR) is 127 cm³/mol. The second kappa shape index (κ2) is 17.1. The van der Waals surface area contributed by atoms with Crippen LogP contribution in [0.1, 0.15) is 84.5 Å². The van der Waals surface area contributed by atoms with Gasteiger partial charge in [-0.1, -0.05) is 43.7 Å². The third-order valence-corrected chi connectivity index (χ3v) is 7.88. The molecule has 1 aliphatic heterocycles. The number of aliphatic hydroxyl groups is 1. The monoisotopic (exact) mass is 697 g/mol. The Balaban J connectivity index is 0.00000544. The predicted octanol–water partition coefficient (Wildman–Crippen LogP) is 5.02. The summed E-state index contributed by atoms with van der Waals surface area (Å²) >= 11 is 1.38. The van der Waals surface area contributed by atoms with E-state index in [1.807, 2.05) is 0 Å². The number of rotatable bonds is 14. The van der Waals surface area contributed by atoms with Crippen LogP contribution in [0.15, 0.2) is 12.2 Å². The van der Waals surface area contributed by atoms with Crippen LogP contribution in [0.2, 0.25) is 0 Å². The van der Waals surface area contributed by atoms with Crippen LogP contribution in [-0.2, 0) is 23.8 Å². The summed E-state index contributed by atoms with van der Waals surface area (Å²) in [5.41, 5.74) is 0. The fourth-order valence-electron chi connectivity index (χ4n) is 5.01. The molecule has 1 aliphatic carbocycles. The van der Waals surface area contributed by atoms with E-state index in [0.29, 0.717) is 26.1 Å². The normalized spacial score (nSPS) is 26.4. The van der Waals surface area contributed by atoms with Gasteiger partial charge in [-0.15, -0.1) is 0 Å². The number of carbonyl (C=O) groups is 2. The summed E-state index contributed by atoms with van der Waals surface area (Å²) in [4.78, 5) is 23.1. The van der Waals surface area contributed by atoms with Crippen LogP contribution >= 0.6 is 11.8 Å². The maximum absolute atomic E-state index is 11.8. The Morgan fingerprint density at radius 2 is 1.85 bits per heavy atom. The topological polar surface area (TPSA) is 82.1 Å². The summed E-state index contributed by atoms with van der Waals surface area (Å²) in [7, 11) is 1.41. The first-order chi connectivity index (χ1) is 15.4. The van der Waals surface area contributed by atoms with Gasteiger partial charge in [0.15, 0.2) is 10.9 Å². The molecule has 33 heavy (non-hydrogen) atoms. The molecule has 4 atom stereocenters. The second-order valence-corrected chi connectivity index (χ2v) is 10.5. The SMILES string of the molecule is CCCCCC1(CC[C@@H]2C(C/C=C\CCCC(=O)OC)[C@@H](O)C[C@H]2SC(C)=O)OCCO1.[Ac]. The first-order valence-electron chi connectivity index (χ1n) is 12.3. The van der Waals surface area contributed by atoms with E-state index in [1.165, 1.54) is 25.3 Å². The van der Waals surface area contributed by atoms with Gasteiger partial charge >= 0.3 is 5.97 Å². The average Bonchev–Trinajstić information content (AvgIpc) is 3.33. The van der Waals surface area contributed by atoms with Gasteiger partial charge < -0.3 is 19.3 Å². The van der Waals surface area contributed by atoms with Crippen molar-refractivity contribution in [1.82, 2.24) is 0 Å². The van der Waals surface area contributed by atoms with E-state index in [2.05, 4.69) is 23.8 Å². The van der Waals surface area contributed by atoms with Crippen LogP contribution in [0, 0.1) is 55.9 Å². The number of esters is 1. The molecule has 1 saturated heterocycles. The summed E-state index contributed by atoms with van der Waals surface area (Å²) in [5, 5.41) is 11.0. The van der Waals surface area contributed by atoms with Gasteiger partial charge in [0.2, 0.25) is 0 Å². The first kappa shape index (κ1) is 31.6. The molecule has 1 unspecified atom stereocenters. The zero-order valence-corrected chi connectivity index (χ0v) is 26.2. The average molecular weight is 698 g/mol. The number of hydrogen-bond acceptors (Lipinski definition) is 7. The molecule has 0 spiro atoms. The first-order valence-corrected chi connectivity index (χ1v) is 13.1. The number of methoxy groups -OCH3 is 1. The molecule has 0 amide bonds. The number of carbonyl (C=O) groups excluding carboxylic acids is 2. The number of hydrogen-bond donors (Lipinski definition) is 1. The van der Waals surface area contributed by atoms with Gasteiger partial charge in [0.1, 0.15) is 0 Å². The Kier molecular flexibility index (Phi) is 16.4. The van der Waals surface area contributed by atoms with Crippen molar-refractivity contribution in [2.75, 3.05) is 20.3 Å². The van der Waals surface area contributed by atoms with Gasteiger partial charge in [-0.2, -0.15) is 0 Å². The molecule has 2 fully saturated rings. The zero-order chi connectivity index (χ0) is 23.4. The Morgan fingerprint density at radius 1 is 1.12 bits per heavy atom. The van der Waals surface area contributed by atoms with Gasteiger partial charge in [-0.05, 0) is 50.4 Å². The maximum atomic E-state index is 11.8. The number of thioether (sulfide) groups is 1. The van der Waals surface area contributed by atoms with Crippen molar-refractivity contribution in [2.24, 2.45) is 11.8 Å². The number of ether oxygens (including phenoxy) is 3. The molecule has 1 radical (unpaired) electrons. The van der Waals surface area contributed by atoms with E-state index in [4.69, 9.17) is 9.47 Å². The molecule has 2 rings (SSSR count). The maximum Gasteiger partial charge on any atom is 0.305 e. The van der Waals surface area contributed by atoms with Crippen molar-refractivity contribution in [3.63, 3.8) is 0 Å². The summed E-state index contributed by atoms with van der Waals surface area (Å²) in [6.07, 6.45) is 13.3. The van der Waals surface area contributed by atoms with Crippen molar-refractivity contribution in [1.29, 1.82) is 0 Å². The minimum Gasteiger partial charge on any atom is -0.469 e. The zero-order valence-electron chi connectivity index (χ0n) is 20.6. The molecule has 0 bridgehead atoms. The van der Waals surface area contributed by atoms with Gasteiger partial charge in [-0.25, -0.2) is 0 Å². The number of unbranched alkanes of at least 4 members (excludes halogenated alkanes) is 3. The van der Waals surface area contributed by atoms with E-state index in [1.54, 1.807) is 6.92 Å². The van der Waals surface area contributed by atoms with Crippen LogP contribution in [0.4, 0.5) is 0 Å². The Labute approximate surface area is 239 Å². The molecule has 2 aliphatic rings. The molecule has 1 heterocycles. The van der Waals surface area contributed by atoms with E-state index < -0.39 is 11.9 Å². The van der Waals surface area contributed by atoms with E-state index in [9.17, 15) is 14.7 Å². The molecule has 0 aromatic rings. The van der Waals surface area contributed by atoms with Crippen molar-refractivity contribution < 1.29 is 73.0 Å². The Bertz CT molecular complexity index is 608. The van der Waals surface area contributed by atoms with E-state index in [-0.39, 0.29) is 72.2 Å². The Morgan fingerprint density at radius 3 is 2.48 bits per heavy atom. The van der Waals surface area contributed by atoms with Crippen molar-refractivity contribution in [2.45, 2.75) is 102 Å². The molecule has 8 heteroatoms. The van der Waals surface area contributed by atoms with E-state index in [0.717, 1.165) is 51.4 Å². The molecule has 0 aromatic carbocycles. The van der Waals surface area contributed by atoms with Crippen molar-refractivity contribution >= 4 is 22.8 Å². The van der Waals surface area contributed by atoms with Crippen molar-refractivity contribution in [3.05, 3.63) is 12.2 Å². The van der Waals surface area contributed by atoms with Crippen LogP contribution < -0.4 is 0 Å². The second-order valence-electron chi connectivity index (χ2n) is 9.06. The molecule has 0 aromatic heterocycles. The fourth-order valence-corrected chi connectivity index (χ4v) is 6.24. The summed E-state index contributed by atoms with van der Waals surface area (Å²) in [5.74, 6) is -0.312. The van der Waals surface area contributed by atoms with Gasteiger partial charge in [0.25, 0.3) is 0 Å². The van der Waals surface area contributed by atoms with Crippen LogP contribution in [-0.4, -0.2) is 53.7 Å². The van der Waals surface area contributed by atoms with Crippen LogP contribution in [0.25, 0.3) is 0 Å². The van der Waals surface area contributed by atoms with Gasteiger partial charge in [-0.3, -0.25) is 9.59 Å². The summed E-state index contributed by atoms with van der Waals surface area (Å²) in [6, 6.07) is 0. The largest absolute Gasteiger partial charge is 0.469 e. The molecule has 1 N–H and O–H groups in total. The molecular weight excluding hydrogens is 655 g/mol. The molecule has 6 nitrogen and oxygen atoms in total. The van der Waals surface area contributed by atoms with Crippen molar-refractivity contribution in [3.8, 4) is 0 Å². The summed E-state index contributed by atoms with van der Waals surface area (Å²) < 4.78 is 16.8. The minimum atomic E-state index is -0.498. The third kappa shape index (κ3) is 11.0. The smallest absolute Gasteiger partial charge is 0.305 e. The van der Waals surface area contributed by atoms with Gasteiger partial charge in [0, 0.05) is 75.5 Å². The quantitative estimate of drug-likeness (QED) is 0.155.